The molecule has 0 aromatic heterocycles. The number of hydrogen-bond acceptors (Lipinski definition) is 4. The van der Waals surface area contributed by atoms with Crippen LogP contribution >= 0.6 is 0 Å². The summed E-state index contributed by atoms with van der Waals surface area (Å²) in [4.78, 5) is 34.4. The third kappa shape index (κ3) is 3.66. The summed E-state index contributed by atoms with van der Waals surface area (Å²) in [5.74, 6) is -3.03. The van der Waals surface area contributed by atoms with Gasteiger partial charge in [0.1, 0.15) is 0 Å². The number of piperidine rings is 1. The number of benzene rings is 1. The second-order valence-corrected chi connectivity index (χ2v) is 5.20. The molecule has 1 heterocycles. The van der Waals surface area contributed by atoms with Crippen molar-refractivity contribution in [1.82, 2.24) is 4.90 Å². The minimum Gasteiger partial charge on any atom is -0.335 e. The summed E-state index contributed by atoms with van der Waals surface area (Å²) in [7, 11) is 0. The Morgan fingerprint density at radius 2 is 1.74 bits per heavy atom. The van der Waals surface area contributed by atoms with E-state index >= 15 is 0 Å². The largest absolute Gasteiger partial charge is 0.471 e. The van der Waals surface area contributed by atoms with Crippen molar-refractivity contribution in [2.24, 2.45) is 5.92 Å². The van der Waals surface area contributed by atoms with Crippen LogP contribution in [-0.4, -0.2) is 40.8 Å². The Labute approximate surface area is 129 Å². The van der Waals surface area contributed by atoms with Crippen molar-refractivity contribution in [3.8, 4) is 0 Å². The van der Waals surface area contributed by atoms with Gasteiger partial charge in [-0.25, -0.2) is 0 Å². The molecule has 0 aliphatic carbocycles. The van der Waals surface area contributed by atoms with Crippen LogP contribution in [0.4, 0.5) is 18.9 Å². The molecule has 1 aromatic rings. The van der Waals surface area contributed by atoms with Gasteiger partial charge in [0.05, 0.1) is 10.5 Å². The van der Waals surface area contributed by atoms with Gasteiger partial charge in [0.25, 0.3) is 5.69 Å². The number of nitro groups is 1. The van der Waals surface area contributed by atoms with Crippen molar-refractivity contribution in [2.45, 2.75) is 19.0 Å². The number of ketones is 1. The fraction of sp³-hybridized carbons (Fsp3) is 0.429. The monoisotopic (exact) mass is 330 g/mol. The fourth-order valence-electron chi connectivity index (χ4n) is 2.59. The summed E-state index contributed by atoms with van der Waals surface area (Å²) in [6, 6.07) is 5.45. The summed E-state index contributed by atoms with van der Waals surface area (Å²) >= 11 is 0. The molecule has 2 rings (SSSR count). The number of likely N-dealkylation sites (tertiary alicyclic amines) is 1. The van der Waals surface area contributed by atoms with Crippen molar-refractivity contribution in [1.29, 1.82) is 0 Å². The van der Waals surface area contributed by atoms with Gasteiger partial charge >= 0.3 is 12.1 Å². The van der Waals surface area contributed by atoms with E-state index in [-0.39, 0.29) is 37.2 Å². The number of carbonyl (C=O) groups excluding carboxylic acids is 2. The zero-order chi connectivity index (χ0) is 17.2. The van der Waals surface area contributed by atoms with Gasteiger partial charge in [0.15, 0.2) is 5.78 Å². The molecule has 0 bridgehead atoms. The lowest BCUT2D eigenvalue weighted by atomic mass is 9.88. The molecule has 6 nitrogen and oxygen atoms in total. The zero-order valence-electron chi connectivity index (χ0n) is 11.9. The molecule has 0 unspecified atom stereocenters. The number of Topliss-reactive ketones (excluding diaryl/α,β-unsaturated/α-hetero) is 1. The Morgan fingerprint density at radius 3 is 2.26 bits per heavy atom. The van der Waals surface area contributed by atoms with Gasteiger partial charge in [0, 0.05) is 25.1 Å². The summed E-state index contributed by atoms with van der Waals surface area (Å²) in [6.07, 6.45) is -4.84. The number of nitro benzene ring substituents is 1. The summed E-state index contributed by atoms with van der Waals surface area (Å²) in [6.45, 7) is -0.398. The molecule has 1 aromatic carbocycles. The van der Waals surface area contributed by atoms with E-state index in [1.165, 1.54) is 24.3 Å². The summed E-state index contributed by atoms with van der Waals surface area (Å²) in [5.41, 5.74) is -0.385. The first-order valence-corrected chi connectivity index (χ1v) is 6.85. The molecule has 23 heavy (non-hydrogen) atoms. The van der Waals surface area contributed by atoms with Crippen LogP contribution in [0.1, 0.15) is 23.2 Å². The van der Waals surface area contributed by atoms with E-state index in [1.54, 1.807) is 0 Å². The Balaban J connectivity index is 2.08. The Bertz CT molecular complexity index is 637. The molecule has 0 radical (unpaired) electrons. The van der Waals surface area contributed by atoms with E-state index in [2.05, 4.69) is 0 Å². The quantitative estimate of drug-likeness (QED) is 0.485. The lowest BCUT2D eigenvalue weighted by molar-refractivity contribution is -0.385. The average Bonchev–Trinajstić information content (AvgIpc) is 2.52. The van der Waals surface area contributed by atoms with E-state index in [1.807, 2.05) is 0 Å². The molecule has 124 valence electrons. The lowest BCUT2D eigenvalue weighted by Gasteiger charge is -2.31. The fourth-order valence-corrected chi connectivity index (χ4v) is 2.59. The smallest absolute Gasteiger partial charge is 0.335 e. The van der Waals surface area contributed by atoms with Crippen LogP contribution < -0.4 is 0 Å². The molecule has 9 heteroatoms. The topological polar surface area (TPSA) is 80.5 Å². The van der Waals surface area contributed by atoms with E-state index in [9.17, 15) is 32.9 Å². The highest BCUT2D eigenvalue weighted by atomic mass is 19.4. The van der Waals surface area contributed by atoms with Crippen molar-refractivity contribution in [2.75, 3.05) is 13.1 Å². The minimum atomic E-state index is -4.94. The molecule has 1 saturated heterocycles. The number of hydrogen-bond donors (Lipinski definition) is 0. The second kappa shape index (κ2) is 6.35. The van der Waals surface area contributed by atoms with Gasteiger partial charge < -0.3 is 4.90 Å². The zero-order valence-corrected chi connectivity index (χ0v) is 11.9. The summed E-state index contributed by atoms with van der Waals surface area (Å²) in [5, 5.41) is 10.9. The SMILES string of the molecule is O=C(c1ccccc1[N+](=O)[O-])C1CCN(C(=O)C(F)(F)F)CC1. The van der Waals surface area contributed by atoms with Crippen LogP contribution in [0.3, 0.4) is 0 Å². The van der Waals surface area contributed by atoms with Gasteiger partial charge in [-0.15, -0.1) is 0 Å². The lowest BCUT2D eigenvalue weighted by Crippen LogP contribution is -2.46. The maximum absolute atomic E-state index is 12.4. The predicted molar refractivity (Wildman–Crippen MR) is 72.8 cm³/mol. The van der Waals surface area contributed by atoms with Gasteiger partial charge in [-0.05, 0) is 18.9 Å². The first-order valence-electron chi connectivity index (χ1n) is 6.85. The van der Waals surface area contributed by atoms with Gasteiger partial charge in [-0.3, -0.25) is 19.7 Å². The van der Waals surface area contributed by atoms with E-state index < -0.39 is 28.7 Å². The third-order valence-corrected chi connectivity index (χ3v) is 3.76. The van der Waals surface area contributed by atoms with Crippen LogP contribution in [0.15, 0.2) is 24.3 Å². The normalized spacial score (nSPS) is 16.2. The van der Waals surface area contributed by atoms with Crippen molar-refractivity contribution in [3.63, 3.8) is 0 Å². The molecular formula is C14H13F3N2O4. The Kier molecular flexibility index (Phi) is 4.67. The molecule has 0 atom stereocenters. The average molecular weight is 330 g/mol. The number of carbonyl (C=O) groups is 2. The van der Waals surface area contributed by atoms with Crippen LogP contribution in [0.2, 0.25) is 0 Å². The molecule has 0 saturated carbocycles. The van der Waals surface area contributed by atoms with Crippen LogP contribution in [-0.2, 0) is 4.79 Å². The van der Waals surface area contributed by atoms with Gasteiger partial charge in [0.2, 0.25) is 0 Å². The Hall–Kier alpha value is -2.45. The Morgan fingerprint density at radius 1 is 1.17 bits per heavy atom. The van der Waals surface area contributed by atoms with Crippen molar-refractivity contribution >= 4 is 17.4 Å². The van der Waals surface area contributed by atoms with Crippen LogP contribution in [0.25, 0.3) is 0 Å². The maximum Gasteiger partial charge on any atom is 0.471 e. The molecule has 0 spiro atoms. The number of alkyl halides is 3. The third-order valence-electron chi connectivity index (χ3n) is 3.76. The standard InChI is InChI=1S/C14H13F3N2O4/c15-14(16,17)13(21)18-7-5-9(6-8-18)12(20)10-3-1-2-4-11(10)19(22)23/h1-4,9H,5-8H2. The molecule has 1 fully saturated rings. The van der Waals surface area contributed by atoms with E-state index in [0.717, 1.165) is 0 Å². The number of rotatable bonds is 3. The predicted octanol–water partition coefficient (Wildman–Crippen LogP) is 2.58. The highest BCUT2D eigenvalue weighted by Crippen LogP contribution is 2.28. The van der Waals surface area contributed by atoms with E-state index in [4.69, 9.17) is 0 Å². The van der Waals surface area contributed by atoms with Crippen LogP contribution in [0, 0.1) is 16.0 Å². The highest BCUT2D eigenvalue weighted by molar-refractivity contribution is 6.01. The van der Waals surface area contributed by atoms with Gasteiger partial charge in [-0.2, -0.15) is 13.2 Å². The molecule has 1 aliphatic heterocycles. The number of para-hydroxylation sites is 1. The van der Waals surface area contributed by atoms with Crippen molar-refractivity contribution in [3.05, 3.63) is 39.9 Å². The molecule has 0 N–H and O–H groups in total. The summed E-state index contributed by atoms with van der Waals surface area (Å²) < 4.78 is 37.1. The number of amides is 1. The van der Waals surface area contributed by atoms with Crippen molar-refractivity contribution < 1.29 is 27.7 Å². The minimum absolute atomic E-state index is 0.0483. The van der Waals surface area contributed by atoms with E-state index in [0.29, 0.717) is 4.90 Å². The molecule has 1 amide bonds. The first-order chi connectivity index (χ1) is 10.7. The highest BCUT2D eigenvalue weighted by Gasteiger charge is 2.44. The number of halogens is 3. The molecule has 1 aliphatic rings. The van der Waals surface area contributed by atoms with Gasteiger partial charge in [-0.1, -0.05) is 12.1 Å². The number of nitrogens with zero attached hydrogens (tertiary/aromatic N) is 2. The maximum atomic E-state index is 12.4. The first kappa shape index (κ1) is 16.9. The molecular weight excluding hydrogens is 317 g/mol. The van der Waals surface area contributed by atoms with Crippen LogP contribution in [0.5, 0.6) is 0 Å². The second-order valence-electron chi connectivity index (χ2n) is 5.20.